The Morgan fingerprint density at radius 2 is 1.93 bits per heavy atom. The van der Waals surface area contributed by atoms with Crippen LogP contribution in [0.25, 0.3) is 0 Å². The minimum Gasteiger partial charge on any atom is -0.391 e. The van der Waals surface area contributed by atoms with Crippen molar-refractivity contribution in [3.8, 4) is 0 Å². The second-order valence-corrected chi connectivity index (χ2v) is 3.12. The van der Waals surface area contributed by atoms with Crippen molar-refractivity contribution in [3.05, 3.63) is 35.9 Å². The number of carbonyl (C=O) groups is 2. The fourth-order valence-corrected chi connectivity index (χ4v) is 1.13. The number of benzene rings is 1. The van der Waals surface area contributed by atoms with Gasteiger partial charge in [-0.1, -0.05) is 30.3 Å². The molecule has 1 aromatic rings. The summed E-state index contributed by atoms with van der Waals surface area (Å²) >= 11 is 0. The van der Waals surface area contributed by atoms with Crippen molar-refractivity contribution < 1.29 is 19.4 Å². The summed E-state index contributed by atoms with van der Waals surface area (Å²) in [5.41, 5.74) is 0.811. The van der Waals surface area contributed by atoms with E-state index in [0.717, 1.165) is 12.5 Å². The van der Waals surface area contributed by atoms with Crippen LogP contribution in [0.5, 0.6) is 0 Å². The van der Waals surface area contributed by atoms with E-state index in [2.05, 4.69) is 4.74 Å². The maximum absolute atomic E-state index is 11.1. The van der Waals surface area contributed by atoms with Gasteiger partial charge in [-0.2, -0.15) is 0 Å². The van der Waals surface area contributed by atoms with Crippen molar-refractivity contribution in [2.75, 3.05) is 0 Å². The maximum atomic E-state index is 11.1. The summed E-state index contributed by atoms with van der Waals surface area (Å²) in [6, 6.07) is 9.01. The molecule has 0 amide bonds. The van der Waals surface area contributed by atoms with Gasteiger partial charge in [-0.3, -0.25) is 4.79 Å². The van der Waals surface area contributed by atoms with Crippen LogP contribution in [0.2, 0.25) is 0 Å². The average molecular weight is 208 g/mol. The van der Waals surface area contributed by atoms with Gasteiger partial charge in [0.1, 0.15) is 0 Å². The SMILES string of the molecule is CC(=O)OC(=O)C(O)Cc1ccccc1. The lowest BCUT2D eigenvalue weighted by Gasteiger charge is -2.08. The van der Waals surface area contributed by atoms with E-state index in [1.807, 2.05) is 6.07 Å². The summed E-state index contributed by atoms with van der Waals surface area (Å²) in [7, 11) is 0. The van der Waals surface area contributed by atoms with Gasteiger partial charge >= 0.3 is 11.9 Å². The lowest BCUT2D eigenvalue weighted by atomic mass is 10.1. The Bertz CT molecular complexity index is 345. The first kappa shape index (κ1) is 11.4. The van der Waals surface area contributed by atoms with Crippen LogP contribution in [0, 0.1) is 0 Å². The summed E-state index contributed by atoms with van der Waals surface area (Å²) in [5, 5.41) is 9.39. The normalized spacial score (nSPS) is 11.9. The van der Waals surface area contributed by atoms with Gasteiger partial charge in [0.25, 0.3) is 0 Å². The van der Waals surface area contributed by atoms with Gasteiger partial charge in [0.15, 0.2) is 6.10 Å². The summed E-state index contributed by atoms with van der Waals surface area (Å²) in [6.07, 6.45) is -1.15. The number of aliphatic hydroxyl groups excluding tert-OH is 1. The highest BCUT2D eigenvalue weighted by Crippen LogP contribution is 2.04. The number of esters is 2. The molecule has 4 heteroatoms. The molecule has 1 N–H and O–H groups in total. The smallest absolute Gasteiger partial charge is 0.342 e. The molecule has 1 rings (SSSR count). The van der Waals surface area contributed by atoms with Crippen molar-refractivity contribution in [3.63, 3.8) is 0 Å². The maximum Gasteiger partial charge on any atom is 0.342 e. The quantitative estimate of drug-likeness (QED) is 0.586. The summed E-state index contributed by atoms with van der Waals surface area (Å²) in [5.74, 6) is -1.63. The Labute approximate surface area is 87.5 Å². The average Bonchev–Trinajstić information content (AvgIpc) is 2.18. The molecule has 0 saturated heterocycles. The van der Waals surface area contributed by atoms with Crippen LogP contribution in [0.3, 0.4) is 0 Å². The third-order valence-corrected chi connectivity index (χ3v) is 1.79. The molecule has 0 aliphatic heterocycles. The van der Waals surface area contributed by atoms with Crippen LogP contribution in [0.15, 0.2) is 30.3 Å². The second-order valence-electron chi connectivity index (χ2n) is 3.12. The molecule has 80 valence electrons. The number of hydrogen-bond donors (Lipinski definition) is 1. The summed E-state index contributed by atoms with van der Waals surface area (Å²) < 4.78 is 4.26. The van der Waals surface area contributed by atoms with Gasteiger partial charge in [-0.05, 0) is 5.56 Å². The van der Waals surface area contributed by atoms with Crippen molar-refractivity contribution in [2.45, 2.75) is 19.4 Å². The lowest BCUT2D eigenvalue weighted by molar-refractivity contribution is -0.164. The minimum absolute atomic E-state index is 0.146. The fourth-order valence-electron chi connectivity index (χ4n) is 1.13. The molecular weight excluding hydrogens is 196 g/mol. The number of ether oxygens (including phenoxy) is 1. The fraction of sp³-hybridized carbons (Fsp3) is 0.273. The zero-order valence-corrected chi connectivity index (χ0v) is 8.34. The summed E-state index contributed by atoms with van der Waals surface area (Å²) in [6.45, 7) is 1.12. The van der Waals surface area contributed by atoms with Crippen molar-refractivity contribution in [2.24, 2.45) is 0 Å². The molecule has 0 aliphatic rings. The predicted molar refractivity (Wildman–Crippen MR) is 52.9 cm³/mol. The monoisotopic (exact) mass is 208 g/mol. The lowest BCUT2D eigenvalue weighted by Crippen LogP contribution is -2.26. The third-order valence-electron chi connectivity index (χ3n) is 1.79. The Morgan fingerprint density at radius 1 is 1.33 bits per heavy atom. The van der Waals surface area contributed by atoms with Crippen molar-refractivity contribution in [1.82, 2.24) is 0 Å². The number of hydrogen-bond acceptors (Lipinski definition) is 4. The molecule has 0 fully saturated rings. The number of rotatable bonds is 3. The van der Waals surface area contributed by atoms with E-state index in [-0.39, 0.29) is 6.42 Å². The van der Waals surface area contributed by atoms with Gasteiger partial charge < -0.3 is 9.84 Å². The van der Waals surface area contributed by atoms with Crippen molar-refractivity contribution in [1.29, 1.82) is 0 Å². The van der Waals surface area contributed by atoms with E-state index in [1.54, 1.807) is 24.3 Å². The standard InChI is InChI=1S/C11H12O4/c1-8(12)15-11(14)10(13)7-9-5-3-2-4-6-9/h2-6,10,13H,7H2,1H3. The first-order valence-electron chi connectivity index (χ1n) is 4.54. The highest BCUT2D eigenvalue weighted by atomic mass is 16.6. The molecule has 0 heterocycles. The molecule has 1 atom stereocenters. The van der Waals surface area contributed by atoms with E-state index in [9.17, 15) is 14.7 Å². The van der Waals surface area contributed by atoms with Crippen molar-refractivity contribution >= 4 is 11.9 Å². The molecule has 4 nitrogen and oxygen atoms in total. The largest absolute Gasteiger partial charge is 0.391 e. The van der Waals surface area contributed by atoms with Crippen LogP contribution in [0.1, 0.15) is 12.5 Å². The van der Waals surface area contributed by atoms with Gasteiger partial charge in [0.05, 0.1) is 0 Å². The van der Waals surface area contributed by atoms with Crippen LogP contribution >= 0.6 is 0 Å². The zero-order valence-electron chi connectivity index (χ0n) is 8.34. The van der Waals surface area contributed by atoms with E-state index < -0.39 is 18.0 Å². The highest BCUT2D eigenvalue weighted by Gasteiger charge is 2.18. The van der Waals surface area contributed by atoms with E-state index in [0.29, 0.717) is 0 Å². The third kappa shape index (κ3) is 3.91. The topological polar surface area (TPSA) is 63.6 Å². The first-order valence-corrected chi connectivity index (χ1v) is 4.54. The van der Waals surface area contributed by atoms with E-state index >= 15 is 0 Å². The summed E-state index contributed by atoms with van der Waals surface area (Å²) in [4.78, 5) is 21.5. The minimum atomic E-state index is -1.30. The van der Waals surface area contributed by atoms with Gasteiger partial charge in [0, 0.05) is 13.3 Å². The van der Waals surface area contributed by atoms with E-state index in [4.69, 9.17) is 0 Å². The Kier molecular flexibility index (Phi) is 4.00. The zero-order chi connectivity index (χ0) is 11.3. The Hall–Kier alpha value is -1.68. The molecule has 0 bridgehead atoms. The molecule has 1 aromatic carbocycles. The Morgan fingerprint density at radius 3 is 2.47 bits per heavy atom. The second kappa shape index (κ2) is 5.26. The predicted octanol–water partition coefficient (Wildman–Crippen LogP) is 0.680. The van der Waals surface area contributed by atoms with Crippen LogP contribution in [-0.4, -0.2) is 23.1 Å². The van der Waals surface area contributed by atoms with Crippen LogP contribution in [0.4, 0.5) is 0 Å². The highest BCUT2D eigenvalue weighted by molar-refractivity contribution is 5.86. The molecule has 0 saturated carbocycles. The van der Waals surface area contributed by atoms with Gasteiger partial charge in [-0.25, -0.2) is 4.79 Å². The van der Waals surface area contributed by atoms with Crippen LogP contribution in [-0.2, 0) is 20.7 Å². The van der Waals surface area contributed by atoms with Crippen LogP contribution < -0.4 is 0 Å². The molecule has 0 spiro atoms. The Balaban J connectivity index is 2.52. The van der Waals surface area contributed by atoms with Gasteiger partial charge in [-0.15, -0.1) is 0 Å². The van der Waals surface area contributed by atoms with E-state index in [1.165, 1.54) is 0 Å². The molecule has 0 radical (unpaired) electrons. The molecule has 1 unspecified atom stereocenters. The number of aliphatic hydroxyl groups is 1. The first-order chi connectivity index (χ1) is 7.09. The molecule has 0 aliphatic carbocycles. The number of carbonyl (C=O) groups excluding carboxylic acids is 2. The molecular formula is C11H12O4. The van der Waals surface area contributed by atoms with Gasteiger partial charge in [0.2, 0.25) is 0 Å². The molecule has 0 aromatic heterocycles. The molecule has 15 heavy (non-hydrogen) atoms.